The molecule has 0 saturated heterocycles. The van der Waals surface area contributed by atoms with Crippen molar-refractivity contribution in [2.75, 3.05) is 10.5 Å². The zero-order valence-corrected chi connectivity index (χ0v) is 18.1. The Morgan fingerprint density at radius 1 is 0.971 bits per heavy atom. The van der Waals surface area contributed by atoms with Crippen LogP contribution in [0.5, 0.6) is 0 Å². The molecule has 0 aliphatic heterocycles. The summed E-state index contributed by atoms with van der Waals surface area (Å²) in [4.78, 5) is 25.4. The number of hydrogen-bond acceptors (Lipinski definition) is 7. The molecule has 0 atom stereocenters. The van der Waals surface area contributed by atoms with E-state index >= 15 is 0 Å². The largest absolute Gasteiger partial charge is 0.733 e. The van der Waals surface area contributed by atoms with E-state index in [1.54, 1.807) is 12.1 Å². The number of nitrogens with one attached hydrogen (secondary N) is 1. The first-order valence-corrected chi connectivity index (χ1v) is 10.6. The Morgan fingerprint density at radius 2 is 1.71 bits per heavy atom. The first-order chi connectivity index (χ1) is 16.4. The van der Waals surface area contributed by atoms with Crippen molar-refractivity contribution in [3.05, 3.63) is 99.6 Å². The van der Waals surface area contributed by atoms with Crippen LogP contribution >= 0.6 is 0 Å². The van der Waals surface area contributed by atoms with Crippen LogP contribution < -0.4 is 16.2 Å². The maximum atomic E-state index is 13.1. The maximum absolute atomic E-state index is 13.1. The van der Waals surface area contributed by atoms with Gasteiger partial charge in [-0.1, -0.05) is 25.1 Å². The predicted molar refractivity (Wildman–Crippen MR) is 129 cm³/mol. The van der Waals surface area contributed by atoms with Gasteiger partial charge in [-0.3, -0.25) is 10.0 Å². The number of hydrogen-bond donors (Lipinski definition) is 2. The number of nitrogens with zero attached hydrogens (tertiary/aromatic N) is 1. The molecule has 1 amide bonds. The molecule has 0 aliphatic carbocycles. The van der Waals surface area contributed by atoms with Gasteiger partial charge >= 0.3 is 5.63 Å². The van der Waals surface area contributed by atoms with Gasteiger partial charge in [0.2, 0.25) is 0 Å². The highest BCUT2D eigenvalue weighted by atomic mass is 16.8. The third-order valence-corrected chi connectivity index (χ3v) is 5.64. The van der Waals surface area contributed by atoms with Crippen LogP contribution in [0, 0.1) is 5.21 Å². The zero-order valence-electron chi connectivity index (χ0n) is 18.1. The lowest BCUT2D eigenvalue weighted by molar-refractivity contribution is 0.102. The van der Waals surface area contributed by atoms with Crippen molar-refractivity contribution in [2.45, 2.75) is 13.3 Å². The first kappa shape index (κ1) is 21.4. The van der Waals surface area contributed by atoms with E-state index in [4.69, 9.17) is 14.0 Å². The highest BCUT2D eigenvalue weighted by molar-refractivity contribution is 6.13. The fraction of sp³-hybridized carbons (Fsp3) is 0.0769. The lowest BCUT2D eigenvalue weighted by Gasteiger charge is -2.21. The van der Waals surface area contributed by atoms with Gasteiger partial charge in [-0.25, -0.2) is 4.79 Å². The highest BCUT2D eigenvalue weighted by Crippen LogP contribution is 2.40. The van der Waals surface area contributed by atoms with E-state index in [0.717, 1.165) is 12.0 Å². The van der Waals surface area contributed by atoms with Crippen molar-refractivity contribution >= 4 is 39.2 Å². The van der Waals surface area contributed by atoms with Crippen LogP contribution in [0.15, 0.2) is 86.4 Å². The second-order valence-corrected chi connectivity index (χ2v) is 7.74. The number of aryl methyl sites for hydroxylation is 1. The Morgan fingerprint density at radius 3 is 2.44 bits per heavy atom. The first-order valence-electron chi connectivity index (χ1n) is 10.6. The van der Waals surface area contributed by atoms with Crippen molar-refractivity contribution < 1.29 is 18.8 Å². The Balaban J connectivity index is 1.67. The van der Waals surface area contributed by atoms with Crippen LogP contribution in [0.1, 0.15) is 22.8 Å². The molecule has 2 heterocycles. The number of carbonyl (C=O) groups excluding carboxylic acids is 1. The van der Waals surface area contributed by atoms with Gasteiger partial charge in [0, 0.05) is 28.0 Å². The molecule has 8 nitrogen and oxygen atoms in total. The number of fused-ring (bicyclic) bond motifs is 2. The summed E-state index contributed by atoms with van der Waals surface area (Å²) in [6.07, 6.45) is 0.794. The normalized spacial score (nSPS) is 11.1. The standard InChI is InChI=1S/C26H19N2O6/c1-2-15-7-12-22-19(13-15)20(14-23(29)33-22)25-24(18-5-3-4-6-21(18)34-25)27-26(30)16-8-10-17(11-9-16)28(31)32/h3-14,31H,2H2,1H3,(H,27,30)/q-1. The van der Waals surface area contributed by atoms with Gasteiger partial charge in [-0.05, 0) is 60.5 Å². The summed E-state index contributed by atoms with van der Waals surface area (Å²) in [5.41, 5.74) is 2.66. The second-order valence-electron chi connectivity index (χ2n) is 7.74. The lowest BCUT2D eigenvalue weighted by Crippen LogP contribution is -2.13. The van der Waals surface area contributed by atoms with Crippen molar-refractivity contribution in [3.8, 4) is 11.3 Å². The van der Waals surface area contributed by atoms with Gasteiger partial charge in [0.1, 0.15) is 11.2 Å². The van der Waals surface area contributed by atoms with Crippen LogP contribution in [-0.2, 0) is 6.42 Å². The number of furan rings is 1. The molecule has 34 heavy (non-hydrogen) atoms. The van der Waals surface area contributed by atoms with E-state index in [1.165, 1.54) is 30.3 Å². The van der Waals surface area contributed by atoms with Gasteiger partial charge in [-0.15, -0.1) is 0 Å². The van der Waals surface area contributed by atoms with Gasteiger partial charge < -0.3 is 24.6 Å². The van der Waals surface area contributed by atoms with E-state index in [0.29, 0.717) is 38.9 Å². The molecule has 0 radical (unpaired) electrons. The average Bonchev–Trinajstić information content (AvgIpc) is 3.21. The Labute approximate surface area is 193 Å². The predicted octanol–water partition coefficient (Wildman–Crippen LogP) is 5.71. The van der Waals surface area contributed by atoms with Gasteiger partial charge in [0.15, 0.2) is 5.76 Å². The van der Waals surface area contributed by atoms with E-state index in [9.17, 15) is 14.8 Å². The van der Waals surface area contributed by atoms with E-state index in [2.05, 4.69) is 5.32 Å². The van der Waals surface area contributed by atoms with Gasteiger partial charge in [-0.2, -0.15) is 0 Å². The Kier molecular flexibility index (Phi) is 5.37. The minimum Gasteiger partial charge on any atom is -0.733 e. The number of carbonyl (C=O) groups is 1. The van der Waals surface area contributed by atoms with Crippen molar-refractivity contribution in [3.63, 3.8) is 0 Å². The summed E-state index contributed by atoms with van der Waals surface area (Å²) in [7, 11) is 0. The van der Waals surface area contributed by atoms with Crippen LogP contribution in [0.4, 0.5) is 11.4 Å². The minimum atomic E-state index is -0.536. The topological polar surface area (TPSA) is 119 Å². The fourth-order valence-corrected chi connectivity index (χ4v) is 3.90. The van der Waals surface area contributed by atoms with E-state index in [-0.39, 0.29) is 16.5 Å². The van der Waals surface area contributed by atoms with Crippen LogP contribution in [-0.4, -0.2) is 11.1 Å². The quantitative estimate of drug-likeness (QED) is 0.257. The summed E-state index contributed by atoms with van der Waals surface area (Å²) in [5, 5.41) is 24.0. The Hall–Kier alpha value is -4.40. The molecule has 0 unspecified atom stereocenters. The molecular weight excluding hydrogens is 436 g/mol. The molecule has 0 spiro atoms. The Bertz CT molecular complexity index is 1580. The third kappa shape index (κ3) is 3.81. The molecule has 170 valence electrons. The third-order valence-electron chi connectivity index (χ3n) is 5.64. The summed E-state index contributed by atoms with van der Waals surface area (Å²) in [5.74, 6) is -0.116. The second kappa shape index (κ2) is 8.51. The highest BCUT2D eigenvalue weighted by Gasteiger charge is 2.21. The average molecular weight is 455 g/mol. The van der Waals surface area contributed by atoms with E-state index in [1.807, 2.05) is 37.3 Å². The number of benzene rings is 3. The van der Waals surface area contributed by atoms with Crippen LogP contribution in [0.3, 0.4) is 0 Å². The van der Waals surface area contributed by atoms with Crippen molar-refractivity contribution in [1.29, 1.82) is 0 Å². The summed E-state index contributed by atoms with van der Waals surface area (Å²) in [6, 6.07) is 19.7. The molecule has 2 aromatic heterocycles. The molecule has 5 aromatic rings. The van der Waals surface area contributed by atoms with Crippen LogP contribution in [0.25, 0.3) is 33.3 Å². The molecule has 0 aliphatic rings. The SMILES string of the molecule is CCc1ccc2oc(=O)cc(-c3oc4ccccc4c3NC(=O)c3ccc(N([O-])O)cc3)c2c1. The monoisotopic (exact) mass is 455 g/mol. The summed E-state index contributed by atoms with van der Waals surface area (Å²) < 4.78 is 11.5. The van der Waals surface area contributed by atoms with Gasteiger partial charge in [0.25, 0.3) is 5.91 Å². The van der Waals surface area contributed by atoms with Crippen LogP contribution in [0.2, 0.25) is 0 Å². The van der Waals surface area contributed by atoms with Crippen molar-refractivity contribution in [1.82, 2.24) is 0 Å². The number of rotatable bonds is 5. The zero-order chi connectivity index (χ0) is 23.8. The minimum absolute atomic E-state index is 0.000193. The van der Waals surface area contributed by atoms with Crippen molar-refractivity contribution in [2.24, 2.45) is 0 Å². The number of amides is 1. The molecule has 3 aromatic carbocycles. The van der Waals surface area contributed by atoms with Gasteiger partial charge in [0.05, 0.1) is 11.4 Å². The summed E-state index contributed by atoms with van der Waals surface area (Å²) in [6.45, 7) is 2.03. The maximum Gasteiger partial charge on any atom is 0.336 e. The molecule has 0 saturated carbocycles. The molecule has 8 heteroatoms. The number of para-hydroxylation sites is 1. The lowest BCUT2D eigenvalue weighted by atomic mass is 10.0. The van der Waals surface area contributed by atoms with E-state index < -0.39 is 11.5 Å². The molecule has 0 fully saturated rings. The summed E-state index contributed by atoms with van der Waals surface area (Å²) >= 11 is 0. The number of anilines is 2. The molecule has 2 N–H and O–H groups in total. The fourth-order valence-electron chi connectivity index (χ4n) is 3.90. The molecular formula is C26H19N2O6-. The smallest absolute Gasteiger partial charge is 0.336 e. The molecule has 0 bridgehead atoms. The molecule has 5 rings (SSSR count).